The lowest BCUT2D eigenvalue weighted by Gasteiger charge is -2.28. The first-order valence-electron chi connectivity index (χ1n) is 15.4. The maximum absolute atomic E-state index is 13.9. The lowest BCUT2D eigenvalue weighted by molar-refractivity contribution is -0.139. The summed E-state index contributed by atoms with van der Waals surface area (Å²) >= 11 is 1.46. The van der Waals surface area contributed by atoms with Gasteiger partial charge in [0.2, 0.25) is 23.6 Å². The van der Waals surface area contributed by atoms with Gasteiger partial charge in [-0.3, -0.25) is 19.2 Å². The number of rotatable bonds is 6. The number of carbonyl (C=O) groups excluding carboxylic acids is 4. The van der Waals surface area contributed by atoms with Gasteiger partial charge in [0.1, 0.15) is 28.8 Å². The molecule has 4 bridgehead atoms. The molecule has 46 heavy (non-hydrogen) atoms. The summed E-state index contributed by atoms with van der Waals surface area (Å²) in [5.41, 5.74) is 3.00. The third-order valence-electron chi connectivity index (χ3n) is 8.34. The third kappa shape index (κ3) is 6.99. The number of benzene rings is 2. The van der Waals surface area contributed by atoms with Crippen LogP contribution in [0.3, 0.4) is 0 Å². The van der Waals surface area contributed by atoms with Crippen LogP contribution in [0.1, 0.15) is 43.3 Å². The highest BCUT2D eigenvalue weighted by molar-refractivity contribution is 7.13. The first-order chi connectivity index (χ1) is 22.2. The van der Waals surface area contributed by atoms with E-state index in [2.05, 4.69) is 31.2 Å². The summed E-state index contributed by atoms with van der Waals surface area (Å²) in [4.78, 5) is 60.9. The van der Waals surface area contributed by atoms with Gasteiger partial charge in [-0.2, -0.15) is 0 Å². The standard InChI is InChI=1S/C33H36N8O4S/c1-20(2)29-32(45)36-26(13-21-9-5-3-6-10-21)30(43)34-16-24-17-41(39-38-24)25-15-27(31(44)37-29)40(18-25)28(42)14-23-19-46-33(35-23)22-11-7-4-8-12-22/h3-12,17,19-20,25-27,29H,13-16,18H2,1-2H3,(H,34,43)(H,36,45)(H,37,44)/t25-,26+,27-,29-/m0/s1. The molecule has 0 radical (unpaired) electrons. The van der Waals surface area contributed by atoms with Gasteiger partial charge < -0.3 is 20.9 Å². The average molecular weight is 641 g/mol. The van der Waals surface area contributed by atoms with E-state index in [1.165, 1.54) is 11.3 Å². The second-order valence-corrected chi connectivity index (χ2v) is 12.9. The van der Waals surface area contributed by atoms with Gasteiger partial charge in [0.25, 0.3) is 0 Å². The van der Waals surface area contributed by atoms with Crippen LogP contribution in [-0.4, -0.2) is 73.2 Å². The van der Waals surface area contributed by atoms with E-state index in [1.54, 1.807) is 15.8 Å². The number of fused-ring (bicyclic) bond motifs is 5. The van der Waals surface area contributed by atoms with Crippen molar-refractivity contribution in [3.05, 3.63) is 89.2 Å². The fourth-order valence-corrected chi connectivity index (χ4v) is 6.69. The molecule has 2 aliphatic rings. The van der Waals surface area contributed by atoms with Gasteiger partial charge in [-0.25, -0.2) is 9.67 Å². The third-order valence-corrected chi connectivity index (χ3v) is 9.29. The van der Waals surface area contributed by atoms with Crippen molar-refractivity contribution >= 4 is 35.0 Å². The van der Waals surface area contributed by atoms with Crippen molar-refractivity contribution < 1.29 is 19.2 Å². The molecule has 1 saturated heterocycles. The van der Waals surface area contributed by atoms with Gasteiger partial charge >= 0.3 is 0 Å². The number of thiazole rings is 1. The average Bonchev–Trinajstić information content (AvgIpc) is 3.82. The van der Waals surface area contributed by atoms with Crippen molar-refractivity contribution in [2.24, 2.45) is 5.92 Å². The zero-order valence-corrected chi connectivity index (χ0v) is 26.4. The van der Waals surface area contributed by atoms with E-state index in [9.17, 15) is 19.2 Å². The van der Waals surface area contributed by atoms with Crippen LogP contribution in [0.15, 0.2) is 72.2 Å². The maximum atomic E-state index is 13.9. The van der Waals surface area contributed by atoms with Crippen LogP contribution >= 0.6 is 11.3 Å². The number of hydrogen-bond acceptors (Lipinski definition) is 8. The molecule has 4 aromatic rings. The topological polar surface area (TPSA) is 151 Å². The molecular formula is C33H36N8O4S. The molecule has 6 rings (SSSR count). The van der Waals surface area contributed by atoms with Crippen LogP contribution in [0.4, 0.5) is 0 Å². The molecule has 0 aliphatic carbocycles. The molecule has 13 heteroatoms. The summed E-state index contributed by atoms with van der Waals surface area (Å²) in [6.45, 7) is 4.00. The highest BCUT2D eigenvalue weighted by Gasteiger charge is 2.42. The molecule has 1 fully saturated rings. The van der Waals surface area contributed by atoms with Crippen molar-refractivity contribution in [1.82, 2.24) is 40.8 Å². The molecular weight excluding hydrogens is 604 g/mol. The van der Waals surface area contributed by atoms with E-state index < -0.39 is 29.9 Å². The number of amides is 4. The summed E-state index contributed by atoms with van der Waals surface area (Å²) in [5.74, 6) is -1.81. The van der Waals surface area contributed by atoms with E-state index in [4.69, 9.17) is 0 Å². The Labute approximate surface area is 270 Å². The molecule has 4 atom stereocenters. The van der Waals surface area contributed by atoms with Gasteiger partial charge in [-0.05, 0) is 11.5 Å². The zero-order chi connectivity index (χ0) is 32.2. The maximum Gasteiger partial charge on any atom is 0.243 e. The quantitative estimate of drug-likeness (QED) is 0.293. The Hall–Kier alpha value is -4.91. The minimum atomic E-state index is -0.927. The highest BCUT2D eigenvalue weighted by Crippen LogP contribution is 2.29. The van der Waals surface area contributed by atoms with Crippen LogP contribution in [0.2, 0.25) is 0 Å². The number of nitrogens with one attached hydrogen (secondary N) is 3. The van der Waals surface area contributed by atoms with Crippen molar-refractivity contribution in [3.63, 3.8) is 0 Å². The van der Waals surface area contributed by atoms with Crippen molar-refractivity contribution in [2.75, 3.05) is 6.54 Å². The van der Waals surface area contributed by atoms with Crippen molar-refractivity contribution in [2.45, 2.75) is 63.8 Å². The van der Waals surface area contributed by atoms with Crippen LogP contribution in [-0.2, 0) is 38.6 Å². The van der Waals surface area contributed by atoms with Gasteiger partial charge in [0, 0.05) is 30.3 Å². The Balaban J connectivity index is 1.26. The molecule has 2 aromatic carbocycles. The second-order valence-electron chi connectivity index (χ2n) is 12.0. The van der Waals surface area contributed by atoms with Crippen LogP contribution in [0.25, 0.3) is 10.6 Å². The molecule has 2 aromatic heterocycles. The number of aromatic nitrogens is 4. The van der Waals surface area contributed by atoms with Gasteiger partial charge in [-0.15, -0.1) is 16.4 Å². The Morgan fingerprint density at radius 3 is 2.46 bits per heavy atom. The Kier molecular flexibility index (Phi) is 9.20. The van der Waals surface area contributed by atoms with Gasteiger partial charge in [0.05, 0.1) is 30.9 Å². The number of carbonyl (C=O) groups is 4. The molecule has 4 heterocycles. The first kappa shape index (κ1) is 31.1. The largest absolute Gasteiger partial charge is 0.349 e. The van der Waals surface area contributed by atoms with Crippen molar-refractivity contribution in [3.8, 4) is 10.6 Å². The molecule has 3 N–H and O–H groups in total. The highest BCUT2D eigenvalue weighted by atomic mass is 32.1. The molecule has 2 aliphatic heterocycles. The van der Waals surface area contributed by atoms with Gasteiger partial charge in [-0.1, -0.05) is 79.7 Å². The van der Waals surface area contributed by atoms with E-state index >= 15 is 0 Å². The Bertz CT molecular complexity index is 1710. The summed E-state index contributed by atoms with van der Waals surface area (Å²) in [6.07, 6.45) is 2.31. The second kappa shape index (κ2) is 13.6. The first-order valence-corrected chi connectivity index (χ1v) is 16.3. The van der Waals surface area contributed by atoms with E-state index in [-0.39, 0.29) is 49.7 Å². The minimum Gasteiger partial charge on any atom is -0.349 e. The Morgan fingerprint density at radius 1 is 0.978 bits per heavy atom. The molecule has 4 amide bonds. The lowest BCUT2D eigenvalue weighted by Crippen LogP contribution is -2.58. The van der Waals surface area contributed by atoms with Crippen molar-refractivity contribution in [1.29, 1.82) is 0 Å². The summed E-state index contributed by atoms with van der Waals surface area (Å²) in [6, 6.07) is 16.2. The van der Waals surface area contributed by atoms with E-state index in [1.807, 2.05) is 79.9 Å². The van der Waals surface area contributed by atoms with Crippen LogP contribution in [0.5, 0.6) is 0 Å². The van der Waals surface area contributed by atoms with Crippen LogP contribution < -0.4 is 16.0 Å². The smallest absolute Gasteiger partial charge is 0.243 e. The molecule has 0 unspecified atom stereocenters. The number of hydrogen-bond donors (Lipinski definition) is 3. The fourth-order valence-electron chi connectivity index (χ4n) is 5.87. The zero-order valence-electron chi connectivity index (χ0n) is 25.6. The minimum absolute atomic E-state index is 0.0315. The fraction of sp³-hybridized carbons (Fsp3) is 0.364. The molecule has 0 saturated carbocycles. The monoisotopic (exact) mass is 640 g/mol. The Morgan fingerprint density at radius 2 is 1.72 bits per heavy atom. The molecule has 238 valence electrons. The summed E-state index contributed by atoms with van der Waals surface area (Å²) in [7, 11) is 0. The molecule has 12 nitrogen and oxygen atoms in total. The summed E-state index contributed by atoms with van der Waals surface area (Å²) < 4.78 is 1.65. The summed E-state index contributed by atoms with van der Waals surface area (Å²) in [5, 5.41) is 19.8. The van der Waals surface area contributed by atoms with Gasteiger partial charge in [0.15, 0.2) is 0 Å². The predicted octanol–water partition coefficient (Wildman–Crippen LogP) is 2.28. The van der Waals surface area contributed by atoms with E-state index in [0.717, 1.165) is 16.1 Å². The number of likely N-dealkylation sites (tertiary alicyclic amines) is 1. The van der Waals surface area contributed by atoms with E-state index in [0.29, 0.717) is 17.8 Å². The normalized spacial score (nSPS) is 22.1. The molecule has 0 spiro atoms. The SMILES string of the molecule is CC(C)[C@@H]1NC(=O)[C@@H]2C[C@@H](CN2C(=O)Cc2csc(-c3ccccc3)n2)n2cc(nn2)CNC(=O)[C@@H](Cc2ccccc2)NC1=O. The van der Waals surface area contributed by atoms with Crippen LogP contribution in [0, 0.1) is 5.92 Å². The predicted molar refractivity (Wildman–Crippen MR) is 171 cm³/mol. The number of nitrogens with zero attached hydrogens (tertiary/aromatic N) is 5. The lowest BCUT2D eigenvalue weighted by atomic mass is 10.00.